The predicted octanol–water partition coefficient (Wildman–Crippen LogP) is 1.44. The maximum atomic E-state index is 12.4. The summed E-state index contributed by atoms with van der Waals surface area (Å²) in [6.45, 7) is -0.593. The van der Waals surface area contributed by atoms with Crippen LogP contribution in [0.1, 0.15) is 16.9 Å². The first kappa shape index (κ1) is 14.8. The Kier molecular flexibility index (Phi) is 4.32. The van der Waals surface area contributed by atoms with E-state index in [1.54, 1.807) is 0 Å². The van der Waals surface area contributed by atoms with Crippen LogP contribution in [0.25, 0.3) is 0 Å². The number of aromatic nitrogens is 1. The second kappa shape index (κ2) is 5.82. The summed E-state index contributed by atoms with van der Waals surface area (Å²) in [6, 6.07) is 2.88. The van der Waals surface area contributed by atoms with Gasteiger partial charge in [-0.3, -0.25) is 4.79 Å². The molecule has 1 amide bonds. The number of rotatable bonds is 5. The van der Waals surface area contributed by atoms with Crippen LogP contribution in [0, 0.1) is 0 Å². The van der Waals surface area contributed by atoms with Crippen molar-refractivity contribution in [2.75, 3.05) is 11.5 Å². The molecule has 1 fully saturated rings. The monoisotopic (exact) mass is 304 g/mol. The Bertz CT molecular complexity index is 513. The summed E-state index contributed by atoms with van der Waals surface area (Å²) in [5.41, 5.74) is -1.26. The molecule has 1 saturated heterocycles. The van der Waals surface area contributed by atoms with Gasteiger partial charge >= 0.3 is 5.97 Å². The Hall–Kier alpha value is -1.57. The van der Waals surface area contributed by atoms with Crippen molar-refractivity contribution in [3.05, 3.63) is 24.0 Å². The smallest absolute Gasteiger partial charge is 0.330 e. The molecular formula is C12H14F2N2O3S. The second-order valence-electron chi connectivity index (χ2n) is 4.58. The summed E-state index contributed by atoms with van der Waals surface area (Å²) in [6.07, 6.45) is -0.879. The molecule has 1 aliphatic rings. The first-order valence-electron chi connectivity index (χ1n) is 6.01. The molecule has 0 aromatic carbocycles. The topological polar surface area (TPSA) is 71.3 Å². The Morgan fingerprint density at radius 3 is 2.85 bits per heavy atom. The van der Waals surface area contributed by atoms with E-state index < -0.39 is 30.4 Å². The van der Waals surface area contributed by atoms with Gasteiger partial charge in [-0.15, -0.1) is 0 Å². The van der Waals surface area contributed by atoms with Crippen molar-refractivity contribution in [3.63, 3.8) is 0 Å². The van der Waals surface area contributed by atoms with Crippen LogP contribution >= 0.6 is 11.8 Å². The minimum Gasteiger partial charge on any atom is -0.479 e. The third-order valence-electron chi connectivity index (χ3n) is 3.18. The molecule has 110 valence electrons. The largest absolute Gasteiger partial charge is 0.479 e. The number of amides is 1. The number of carbonyl (C=O) groups excluding carboxylic acids is 1. The van der Waals surface area contributed by atoms with Gasteiger partial charge in [-0.1, -0.05) is 0 Å². The maximum Gasteiger partial charge on any atom is 0.330 e. The van der Waals surface area contributed by atoms with Crippen LogP contribution in [0.15, 0.2) is 18.3 Å². The average molecular weight is 304 g/mol. The van der Waals surface area contributed by atoms with Gasteiger partial charge in [-0.25, -0.2) is 13.6 Å². The van der Waals surface area contributed by atoms with E-state index in [-0.39, 0.29) is 11.4 Å². The minimum atomic E-state index is -2.58. The van der Waals surface area contributed by atoms with Crippen LogP contribution < -0.4 is 5.32 Å². The Balaban J connectivity index is 2.15. The van der Waals surface area contributed by atoms with Crippen molar-refractivity contribution in [2.45, 2.75) is 24.9 Å². The van der Waals surface area contributed by atoms with Gasteiger partial charge in [0.1, 0.15) is 11.2 Å². The number of hydrogen-bond donors (Lipinski definition) is 2. The number of thioether (sulfide) groups is 1. The molecule has 2 rings (SSSR count). The van der Waals surface area contributed by atoms with Crippen LogP contribution in [-0.2, 0) is 11.3 Å². The number of carbonyl (C=O) groups is 2. The van der Waals surface area contributed by atoms with Crippen molar-refractivity contribution in [2.24, 2.45) is 0 Å². The molecule has 1 aliphatic heterocycles. The molecular weight excluding hydrogens is 290 g/mol. The lowest BCUT2D eigenvalue weighted by Crippen LogP contribution is -2.55. The number of nitrogens with one attached hydrogen (secondary N) is 1. The van der Waals surface area contributed by atoms with Crippen molar-refractivity contribution >= 4 is 23.6 Å². The van der Waals surface area contributed by atoms with Crippen molar-refractivity contribution in [3.8, 4) is 0 Å². The van der Waals surface area contributed by atoms with Crippen molar-refractivity contribution < 1.29 is 23.5 Å². The standard InChI is InChI=1S/C12H14F2N2O3S/c13-9(14)6-16-4-1-2-8(16)10(17)15-12(11(18)19)3-5-20-7-12/h1-2,4,9H,3,5-7H2,(H,15,17)(H,18,19). The van der Waals surface area contributed by atoms with E-state index in [1.807, 2.05) is 0 Å². The van der Waals surface area contributed by atoms with Crippen LogP contribution in [0.2, 0.25) is 0 Å². The highest BCUT2D eigenvalue weighted by molar-refractivity contribution is 7.99. The first-order chi connectivity index (χ1) is 9.44. The first-order valence-corrected chi connectivity index (χ1v) is 7.17. The lowest BCUT2D eigenvalue weighted by atomic mass is 9.99. The van der Waals surface area contributed by atoms with Gasteiger partial charge in [0.2, 0.25) is 0 Å². The summed E-state index contributed by atoms with van der Waals surface area (Å²) in [5, 5.41) is 11.8. The number of carboxylic acids is 1. The van der Waals surface area contributed by atoms with E-state index >= 15 is 0 Å². The van der Waals surface area contributed by atoms with Gasteiger partial charge in [0.15, 0.2) is 0 Å². The molecule has 1 aromatic rings. The fourth-order valence-electron chi connectivity index (χ4n) is 2.10. The van der Waals surface area contributed by atoms with E-state index in [0.29, 0.717) is 12.2 Å². The van der Waals surface area contributed by atoms with E-state index in [0.717, 1.165) is 4.57 Å². The van der Waals surface area contributed by atoms with Crippen LogP contribution in [0.5, 0.6) is 0 Å². The van der Waals surface area contributed by atoms with Gasteiger partial charge < -0.3 is 15.0 Å². The molecule has 2 heterocycles. The van der Waals surface area contributed by atoms with E-state index in [2.05, 4.69) is 5.32 Å². The van der Waals surface area contributed by atoms with Gasteiger partial charge in [0.25, 0.3) is 12.3 Å². The molecule has 8 heteroatoms. The highest BCUT2D eigenvalue weighted by Crippen LogP contribution is 2.28. The molecule has 20 heavy (non-hydrogen) atoms. The summed E-state index contributed by atoms with van der Waals surface area (Å²) < 4.78 is 25.9. The van der Waals surface area contributed by atoms with Crippen LogP contribution in [0.3, 0.4) is 0 Å². The Morgan fingerprint density at radius 2 is 2.30 bits per heavy atom. The van der Waals surface area contributed by atoms with E-state index in [9.17, 15) is 23.5 Å². The average Bonchev–Trinajstić information content (AvgIpc) is 2.98. The second-order valence-corrected chi connectivity index (χ2v) is 5.69. The molecule has 1 atom stereocenters. The molecule has 0 saturated carbocycles. The molecule has 0 bridgehead atoms. The third-order valence-corrected chi connectivity index (χ3v) is 4.37. The summed E-state index contributed by atoms with van der Waals surface area (Å²) >= 11 is 1.44. The predicted molar refractivity (Wildman–Crippen MR) is 70.2 cm³/mol. The molecule has 2 N–H and O–H groups in total. The highest BCUT2D eigenvalue weighted by atomic mass is 32.2. The number of nitrogens with zero attached hydrogens (tertiary/aromatic N) is 1. The third kappa shape index (κ3) is 2.95. The minimum absolute atomic E-state index is 0.0443. The zero-order valence-corrected chi connectivity index (χ0v) is 11.3. The molecule has 5 nitrogen and oxygen atoms in total. The number of carboxylic acid groups (broad SMARTS) is 1. The Labute approximate surface area is 118 Å². The summed E-state index contributed by atoms with van der Waals surface area (Å²) in [4.78, 5) is 23.5. The van der Waals surface area contributed by atoms with Crippen LogP contribution in [-0.4, -0.2) is 45.0 Å². The highest BCUT2D eigenvalue weighted by Gasteiger charge is 2.43. The SMILES string of the molecule is O=C(NC1(C(=O)O)CCSC1)c1cccn1CC(F)F. The molecule has 0 aliphatic carbocycles. The number of hydrogen-bond acceptors (Lipinski definition) is 3. The number of aliphatic carboxylic acids is 1. The van der Waals surface area contributed by atoms with Gasteiger partial charge in [0.05, 0.1) is 6.54 Å². The molecule has 0 spiro atoms. The van der Waals surface area contributed by atoms with Crippen molar-refractivity contribution in [1.82, 2.24) is 9.88 Å². The van der Waals surface area contributed by atoms with Gasteiger partial charge in [-0.2, -0.15) is 11.8 Å². The number of alkyl halides is 2. The zero-order valence-electron chi connectivity index (χ0n) is 10.5. The van der Waals surface area contributed by atoms with E-state index in [4.69, 9.17) is 0 Å². The fraction of sp³-hybridized carbons (Fsp3) is 0.500. The normalized spacial score (nSPS) is 22.1. The lowest BCUT2D eigenvalue weighted by molar-refractivity contribution is -0.143. The van der Waals surface area contributed by atoms with Crippen LogP contribution in [0.4, 0.5) is 8.78 Å². The number of halogens is 2. The van der Waals surface area contributed by atoms with Gasteiger partial charge in [-0.05, 0) is 24.3 Å². The molecule has 1 unspecified atom stereocenters. The molecule has 1 aromatic heterocycles. The quantitative estimate of drug-likeness (QED) is 0.863. The molecule has 0 radical (unpaired) electrons. The van der Waals surface area contributed by atoms with Gasteiger partial charge in [0, 0.05) is 11.9 Å². The van der Waals surface area contributed by atoms with E-state index in [1.165, 1.54) is 30.1 Å². The lowest BCUT2D eigenvalue weighted by Gasteiger charge is -2.24. The Morgan fingerprint density at radius 1 is 1.55 bits per heavy atom. The summed E-state index contributed by atoms with van der Waals surface area (Å²) in [5.74, 6) is -0.808. The van der Waals surface area contributed by atoms with Crippen molar-refractivity contribution in [1.29, 1.82) is 0 Å². The summed E-state index contributed by atoms with van der Waals surface area (Å²) in [7, 11) is 0. The maximum absolute atomic E-state index is 12.4. The fourth-order valence-corrected chi connectivity index (χ4v) is 3.42. The zero-order chi connectivity index (χ0) is 14.8.